The number of carbonyl (C=O) groups excluding carboxylic acids is 2. The van der Waals surface area contributed by atoms with Gasteiger partial charge in [-0.3, -0.25) is 9.59 Å². The number of piperazine rings is 1. The number of rotatable bonds is 7. The van der Waals surface area contributed by atoms with Crippen LogP contribution in [-0.2, 0) is 22.4 Å². The van der Waals surface area contributed by atoms with E-state index in [0.717, 1.165) is 23.4 Å². The first-order chi connectivity index (χ1) is 13.7. The van der Waals surface area contributed by atoms with E-state index in [0.29, 0.717) is 43.7 Å². The fraction of sp³-hybridized carbons (Fsp3) is 0.389. The van der Waals surface area contributed by atoms with Crippen molar-refractivity contribution < 1.29 is 14.0 Å². The van der Waals surface area contributed by atoms with Crippen molar-refractivity contribution in [3.05, 3.63) is 35.2 Å². The second kappa shape index (κ2) is 8.70. The van der Waals surface area contributed by atoms with Crippen molar-refractivity contribution in [1.82, 2.24) is 25.0 Å². The largest absolute Gasteiger partial charge is 0.416 e. The van der Waals surface area contributed by atoms with Crippen LogP contribution in [-0.4, -0.2) is 69.2 Å². The smallest absolute Gasteiger partial charge is 0.277 e. The molecule has 2 aromatic heterocycles. The second-order valence-electron chi connectivity index (χ2n) is 6.35. The number of hydrogen-bond acceptors (Lipinski definition) is 8. The van der Waals surface area contributed by atoms with Crippen molar-refractivity contribution in [2.24, 2.45) is 0 Å². The Bertz CT molecular complexity index is 932. The molecule has 3 heterocycles. The lowest BCUT2D eigenvalue weighted by Gasteiger charge is -2.32. The number of benzene rings is 1. The maximum Gasteiger partial charge on any atom is 0.277 e. The maximum absolute atomic E-state index is 12.3. The number of aryl methyl sites for hydroxylation is 2. The minimum Gasteiger partial charge on any atom is -0.416 e. The van der Waals surface area contributed by atoms with Gasteiger partial charge in [0, 0.05) is 39.0 Å². The summed E-state index contributed by atoms with van der Waals surface area (Å²) in [6.07, 6.45) is 2.19. The molecule has 0 saturated carbocycles. The molecule has 0 atom stereocenters. The molecule has 4 rings (SSSR count). The lowest BCUT2D eigenvalue weighted by Crippen LogP contribution is -2.48. The number of thioether (sulfide) groups is 1. The van der Waals surface area contributed by atoms with E-state index in [-0.39, 0.29) is 11.7 Å². The third kappa shape index (κ3) is 4.50. The molecule has 0 unspecified atom stereocenters. The van der Waals surface area contributed by atoms with E-state index in [9.17, 15) is 9.59 Å². The van der Waals surface area contributed by atoms with Crippen LogP contribution in [0.4, 0.5) is 0 Å². The van der Waals surface area contributed by atoms with Crippen molar-refractivity contribution in [2.75, 3.05) is 31.9 Å². The molecule has 2 amide bonds. The van der Waals surface area contributed by atoms with Gasteiger partial charge in [0.05, 0.1) is 21.0 Å². The number of hydrogen-bond donors (Lipinski definition) is 0. The molecule has 0 aliphatic carbocycles. The first kappa shape index (κ1) is 18.9. The van der Waals surface area contributed by atoms with Gasteiger partial charge in [-0.2, -0.15) is 0 Å². The number of thiazole rings is 1. The summed E-state index contributed by atoms with van der Waals surface area (Å²) in [6, 6.07) is 8.06. The van der Waals surface area contributed by atoms with Gasteiger partial charge in [0.25, 0.3) is 5.22 Å². The molecule has 1 aliphatic rings. The van der Waals surface area contributed by atoms with Crippen LogP contribution < -0.4 is 0 Å². The van der Waals surface area contributed by atoms with E-state index < -0.39 is 0 Å². The van der Waals surface area contributed by atoms with Gasteiger partial charge in [0.2, 0.25) is 18.2 Å². The van der Waals surface area contributed by atoms with Gasteiger partial charge in [0.15, 0.2) is 0 Å². The van der Waals surface area contributed by atoms with Gasteiger partial charge < -0.3 is 14.2 Å². The van der Waals surface area contributed by atoms with Crippen molar-refractivity contribution >= 4 is 45.6 Å². The molecule has 1 saturated heterocycles. The van der Waals surface area contributed by atoms with Gasteiger partial charge in [-0.15, -0.1) is 21.5 Å². The first-order valence-corrected chi connectivity index (χ1v) is 10.8. The quantitative estimate of drug-likeness (QED) is 0.428. The predicted molar refractivity (Wildman–Crippen MR) is 106 cm³/mol. The van der Waals surface area contributed by atoms with Crippen LogP contribution in [0.15, 0.2) is 33.9 Å². The lowest BCUT2D eigenvalue weighted by atomic mass is 10.3. The van der Waals surface area contributed by atoms with Gasteiger partial charge in [-0.1, -0.05) is 23.9 Å². The molecular formula is C18H19N5O3S2. The van der Waals surface area contributed by atoms with Crippen LogP contribution in [0.5, 0.6) is 0 Å². The summed E-state index contributed by atoms with van der Waals surface area (Å²) >= 11 is 2.92. The van der Waals surface area contributed by atoms with Crippen molar-refractivity contribution in [1.29, 1.82) is 0 Å². The molecule has 1 fully saturated rings. The molecular weight excluding hydrogens is 398 g/mol. The Kier molecular flexibility index (Phi) is 5.87. The summed E-state index contributed by atoms with van der Waals surface area (Å²) in [4.78, 5) is 31.0. The molecule has 3 aromatic rings. The molecule has 1 aliphatic heterocycles. The third-order valence-electron chi connectivity index (χ3n) is 4.47. The fourth-order valence-electron chi connectivity index (χ4n) is 2.93. The summed E-state index contributed by atoms with van der Waals surface area (Å²) in [5.74, 6) is 0.819. The van der Waals surface area contributed by atoms with Crippen molar-refractivity contribution in [3.63, 3.8) is 0 Å². The Morgan fingerprint density at radius 2 is 2.00 bits per heavy atom. The number of nitrogens with zero attached hydrogens (tertiary/aromatic N) is 5. The summed E-state index contributed by atoms with van der Waals surface area (Å²) in [6.45, 7) is 2.29. The van der Waals surface area contributed by atoms with Crippen molar-refractivity contribution in [3.8, 4) is 0 Å². The van der Waals surface area contributed by atoms with Crippen LogP contribution in [0.1, 0.15) is 10.9 Å². The normalized spacial score (nSPS) is 14.6. The zero-order chi connectivity index (χ0) is 19.3. The minimum atomic E-state index is 0.0183. The highest BCUT2D eigenvalue weighted by atomic mass is 32.2. The number of amides is 2. The summed E-state index contributed by atoms with van der Waals surface area (Å²) < 4.78 is 6.82. The van der Waals surface area contributed by atoms with Gasteiger partial charge in [-0.05, 0) is 12.1 Å². The molecule has 28 heavy (non-hydrogen) atoms. The SMILES string of the molecule is O=CN1CCN(C(=O)CSc2nnc(CCc3nc4ccccc4s3)o2)CC1. The molecule has 146 valence electrons. The van der Waals surface area contributed by atoms with Crippen LogP contribution in [0.25, 0.3) is 10.2 Å². The molecule has 0 spiro atoms. The van der Waals surface area contributed by atoms with E-state index in [2.05, 4.69) is 21.2 Å². The van der Waals surface area contributed by atoms with Gasteiger partial charge in [0.1, 0.15) is 0 Å². The van der Waals surface area contributed by atoms with E-state index in [1.54, 1.807) is 21.1 Å². The molecule has 10 heteroatoms. The Balaban J connectivity index is 1.25. The van der Waals surface area contributed by atoms with Crippen LogP contribution >= 0.6 is 23.1 Å². The zero-order valence-corrected chi connectivity index (χ0v) is 16.7. The third-order valence-corrected chi connectivity index (χ3v) is 6.37. The Labute approximate surface area is 169 Å². The number of carbonyl (C=O) groups is 2. The lowest BCUT2D eigenvalue weighted by molar-refractivity contribution is -0.132. The van der Waals surface area contributed by atoms with E-state index >= 15 is 0 Å². The summed E-state index contributed by atoms with van der Waals surface area (Å²) in [5.41, 5.74) is 1.01. The average molecular weight is 418 g/mol. The summed E-state index contributed by atoms with van der Waals surface area (Å²) in [7, 11) is 0. The molecule has 0 N–H and O–H groups in total. The second-order valence-corrected chi connectivity index (χ2v) is 8.39. The monoisotopic (exact) mass is 417 g/mol. The Morgan fingerprint density at radius 1 is 1.18 bits per heavy atom. The van der Waals surface area contributed by atoms with E-state index in [1.165, 1.54) is 16.5 Å². The molecule has 0 bridgehead atoms. The average Bonchev–Trinajstić information content (AvgIpc) is 3.36. The fourth-order valence-corrected chi connectivity index (χ4v) is 4.58. The van der Waals surface area contributed by atoms with Crippen LogP contribution in [0.3, 0.4) is 0 Å². The maximum atomic E-state index is 12.3. The van der Waals surface area contributed by atoms with Crippen LogP contribution in [0.2, 0.25) is 0 Å². The molecule has 0 radical (unpaired) electrons. The minimum absolute atomic E-state index is 0.0183. The van der Waals surface area contributed by atoms with Gasteiger partial charge in [-0.25, -0.2) is 4.98 Å². The van der Waals surface area contributed by atoms with Gasteiger partial charge >= 0.3 is 0 Å². The first-order valence-electron chi connectivity index (χ1n) is 8.98. The van der Waals surface area contributed by atoms with Crippen LogP contribution in [0, 0.1) is 0 Å². The predicted octanol–water partition coefficient (Wildman–Crippen LogP) is 1.86. The standard InChI is InChI=1S/C18H19N5O3S2/c24-12-22-7-9-23(10-8-22)17(25)11-27-18-21-20-15(26-18)5-6-16-19-13-3-1-2-4-14(13)28-16/h1-4,12H,5-11H2. The van der Waals surface area contributed by atoms with Crippen molar-refractivity contribution in [2.45, 2.75) is 18.1 Å². The molecule has 1 aromatic carbocycles. The number of para-hydroxylation sites is 1. The van der Waals surface area contributed by atoms with E-state index in [4.69, 9.17) is 4.42 Å². The number of aromatic nitrogens is 3. The van der Waals surface area contributed by atoms with E-state index in [1.807, 2.05) is 18.2 Å². The molecule has 8 nitrogen and oxygen atoms in total. The zero-order valence-electron chi connectivity index (χ0n) is 15.1. The highest BCUT2D eigenvalue weighted by molar-refractivity contribution is 7.99. The highest BCUT2D eigenvalue weighted by Crippen LogP contribution is 2.23. The highest BCUT2D eigenvalue weighted by Gasteiger charge is 2.21. The Morgan fingerprint density at radius 3 is 2.79 bits per heavy atom. The topological polar surface area (TPSA) is 92.4 Å². The number of fused-ring (bicyclic) bond motifs is 1. The summed E-state index contributed by atoms with van der Waals surface area (Å²) in [5, 5.41) is 9.53. The Hall–Kier alpha value is -2.46.